The Morgan fingerprint density at radius 1 is 1.33 bits per heavy atom. The first-order valence-electron chi connectivity index (χ1n) is 5.96. The smallest absolute Gasteiger partial charge is 0.0627 e. The fraction of sp³-hybridized carbons (Fsp3) is 0.357. The molecule has 1 aromatic heterocycles. The predicted molar refractivity (Wildman–Crippen MR) is 79.0 cm³/mol. The van der Waals surface area contributed by atoms with Crippen LogP contribution < -0.4 is 0 Å². The molecule has 0 aliphatic heterocycles. The average molecular weight is 328 g/mol. The van der Waals surface area contributed by atoms with Gasteiger partial charge in [0.15, 0.2) is 0 Å². The van der Waals surface area contributed by atoms with Crippen LogP contribution in [0.4, 0.5) is 0 Å². The normalized spacial score (nSPS) is 12.6. The number of alkyl halides is 1. The Kier molecular flexibility index (Phi) is 4.84. The highest BCUT2D eigenvalue weighted by Gasteiger charge is 2.11. The SMILES string of the molecule is Cn1ccc(CC(CCl)Cc2cccc(Br)c2)n1. The minimum absolute atomic E-state index is 0.427. The second-order valence-electron chi connectivity index (χ2n) is 4.54. The van der Waals surface area contributed by atoms with Crippen LogP contribution >= 0.6 is 27.5 Å². The zero-order chi connectivity index (χ0) is 13.0. The molecule has 1 aromatic carbocycles. The Labute approximate surface area is 121 Å². The van der Waals surface area contributed by atoms with Gasteiger partial charge in [-0.05, 0) is 42.5 Å². The van der Waals surface area contributed by atoms with E-state index < -0.39 is 0 Å². The van der Waals surface area contributed by atoms with Crippen molar-refractivity contribution in [3.05, 3.63) is 52.3 Å². The molecule has 0 aliphatic rings. The van der Waals surface area contributed by atoms with Gasteiger partial charge in [-0.25, -0.2) is 0 Å². The van der Waals surface area contributed by atoms with E-state index in [2.05, 4.69) is 45.3 Å². The van der Waals surface area contributed by atoms with E-state index in [4.69, 9.17) is 11.6 Å². The Morgan fingerprint density at radius 3 is 2.78 bits per heavy atom. The van der Waals surface area contributed by atoms with Crippen LogP contribution in [0, 0.1) is 5.92 Å². The summed E-state index contributed by atoms with van der Waals surface area (Å²) < 4.78 is 2.95. The average Bonchev–Trinajstić information content (AvgIpc) is 2.74. The lowest BCUT2D eigenvalue weighted by Gasteiger charge is -2.12. The van der Waals surface area contributed by atoms with Crippen LogP contribution in [0.2, 0.25) is 0 Å². The van der Waals surface area contributed by atoms with E-state index in [9.17, 15) is 0 Å². The molecule has 1 heterocycles. The Hall–Kier alpha value is -0.800. The number of hydrogen-bond acceptors (Lipinski definition) is 1. The quantitative estimate of drug-likeness (QED) is 0.763. The van der Waals surface area contributed by atoms with Gasteiger partial charge >= 0.3 is 0 Å². The maximum Gasteiger partial charge on any atom is 0.0627 e. The van der Waals surface area contributed by atoms with Crippen LogP contribution in [-0.2, 0) is 19.9 Å². The molecule has 0 radical (unpaired) electrons. The first kappa shape index (κ1) is 13.6. The molecular formula is C14H16BrClN2. The molecule has 0 saturated carbocycles. The van der Waals surface area contributed by atoms with E-state index in [1.165, 1.54) is 5.56 Å². The summed E-state index contributed by atoms with van der Waals surface area (Å²) in [4.78, 5) is 0. The molecule has 2 aromatic rings. The van der Waals surface area contributed by atoms with Crippen LogP contribution in [0.1, 0.15) is 11.3 Å². The van der Waals surface area contributed by atoms with Gasteiger partial charge in [-0.3, -0.25) is 4.68 Å². The molecule has 0 fully saturated rings. The summed E-state index contributed by atoms with van der Waals surface area (Å²) in [6.07, 6.45) is 3.89. The minimum Gasteiger partial charge on any atom is -0.276 e. The first-order valence-corrected chi connectivity index (χ1v) is 7.29. The van der Waals surface area contributed by atoms with Gasteiger partial charge < -0.3 is 0 Å². The lowest BCUT2D eigenvalue weighted by molar-refractivity contribution is 0.568. The lowest BCUT2D eigenvalue weighted by Crippen LogP contribution is -2.11. The van der Waals surface area contributed by atoms with Crippen molar-refractivity contribution in [1.29, 1.82) is 0 Å². The maximum atomic E-state index is 6.07. The molecule has 18 heavy (non-hydrogen) atoms. The third kappa shape index (κ3) is 3.85. The van der Waals surface area contributed by atoms with Crippen molar-refractivity contribution in [2.24, 2.45) is 13.0 Å². The van der Waals surface area contributed by atoms with Crippen LogP contribution in [0.5, 0.6) is 0 Å². The summed E-state index contributed by atoms with van der Waals surface area (Å²) in [6.45, 7) is 0. The van der Waals surface area contributed by atoms with Crippen LogP contribution in [0.25, 0.3) is 0 Å². The van der Waals surface area contributed by atoms with Gasteiger partial charge in [-0.1, -0.05) is 28.1 Å². The fourth-order valence-electron chi connectivity index (χ4n) is 2.05. The highest BCUT2D eigenvalue weighted by Crippen LogP contribution is 2.18. The number of rotatable bonds is 5. The molecule has 1 unspecified atom stereocenters. The monoisotopic (exact) mass is 326 g/mol. The second kappa shape index (κ2) is 6.39. The van der Waals surface area contributed by atoms with Crippen LogP contribution in [-0.4, -0.2) is 15.7 Å². The Balaban J connectivity index is 2.01. The van der Waals surface area contributed by atoms with E-state index in [0.717, 1.165) is 23.0 Å². The third-order valence-corrected chi connectivity index (χ3v) is 3.83. The summed E-state index contributed by atoms with van der Waals surface area (Å²) in [5.74, 6) is 1.08. The van der Waals surface area contributed by atoms with Crippen molar-refractivity contribution in [3.8, 4) is 0 Å². The van der Waals surface area contributed by atoms with Gasteiger partial charge in [-0.2, -0.15) is 5.10 Å². The second-order valence-corrected chi connectivity index (χ2v) is 5.76. The summed E-state index contributed by atoms with van der Waals surface area (Å²) in [5.41, 5.74) is 2.42. The largest absolute Gasteiger partial charge is 0.276 e. The number of benzene rings is 1. The molecule has 0 bridgehead atoms. The van der Waals surface area contributed by atoms with Crippen LogP contribution in [0.3, 0.4) is 0 Å². The third-order valence-electron chi connectivity index (χ3n) is 2.90. The molecule has 0 spiro atoms. The number of aryl methyl sites for hydroxylation is 1. The molecule has 2 nitrogen and oxygen atoms in total. The van der Waals surface area contributed by atoms with E-state index in [-0.39, 0.29) is 0 Å². The molecule has 0 N–H and O–H groups in total. The maximum absolute atomic E-state index is 6.07. The van der Waals surface area contributed by atoms with Gasteiger partial charge in [0.1, 0.15) is 0 Å². The number of aromatic nitrogens is 2. The fourth-order valence-corrected chi connectivity index (χ4v) is 2.71. The van der Waals surface area contributed by atoms with Crippen molar-refractivity contribution < 1.29 is 0 Å². The standard InChI is InChI=1S/C14H16BrClN2/c1-18-6-5-14(17-18)9-12(10-16)7-11-3-2-4-13(15)8-11/h2-6,8,12H,7,9-10H2,1H3. The van der Waals surface area contributed by atoms with E-state index in [1.54, 1.807) is 0 Å². The highest BCUT2D eigenvalue weighted by molar-refractivity contribution is 9.10. The van der Waals surface area contributed by atoms with Crippen molar-refractivity contribution >= 4 is 27.5 Å². The van der Waals surface area contributed by atoms with Crippen molar-refractivity contribution in [2.75, 3.05) is 5.88 Å². The van der Waals surface area contributed by atoms with Gasteiger partial charge in [0.2, 0.25) is 0 Å². The predicted octanol–water partition coefficient (Wildman–Crippen LogP) is 3.82. The van der Waals surface area contributed by atoms with Gasteiger partial charge in [-0.15, -0.1) is 11.6 Å². The van der Waals surface area contributed by atoms with Crippen molar-refractivity contribution in [2.45, 2.75) is 12.8 Å². The minimum atomic E-state index is 0.427. The number of hydrogen-bond donors (Lipinski definition) is 0. The zero-order valence-corrected chi connectivity index (χ0v) is 12.7. The van der Waals surface area contributed by atoms with Crippen molar-refractivity contribution in [3.63, 3.8) is 0 Å². The number of halogens is 2. The number of nitrogens with zero attached hydrogens (tertiary/aromatic N) is 2. The van der Waals surface area contributed by atoms with Gasteiger partial charge in [0.05, 0.1) is 5.69 Å². The summed E-state index contributed by atoms with van der Waals surface area (Å²) in [6, 6.07) is 10.4. The zero-order valence-electron chi connectivity index (χ0n) is 10.3. The Morgan fingerprint density at radius 2 is 2.17 bits per heavy atom. The molecule has 0 saturated heterocycles. The van der Waals surface area contributed by atoms with Crippen LogP contribution in [0.15, 0.2) is 41.0 Å². The molecule has 96 valence electrons. The summed E-state index contributed by atoms with van der Waals surface area (Å²) >= 11 is 9.56. The first-order chi connectivity index (χ1) is 8.67. The molecular weight excluding hydrogens is 312 g/mol. The molecule has 4 heteroatoms. The van der Waals surface area contributed by atoms with E-state index in [0.29, 0.717) is 11.8 Å². The lowest BCUT2D eigenvalue weighted by atomic mass is 9.96. The molecule has 2 rings (SSSR count). The topological polar surface area (TPSA) is 17.8 Å². The van der Waals surface area contributed by atoms with E-state index in [1.807, 2.05) is 24.0 Å². The molecule has 1 atom stereocenters. The summed E-state index contributed by atoms with van der Waals surface area (Å²) in [7, 11) is 1.94. The molecule has 0 amide bonds. The van der Waals surface area contributed by atoms with Gasteiger partial charge in [0, 0.05) is 23.6 Å². The van der Waals surface area contributed by atoms with Gasteiger partial charge in [0.25, 0.3) is 0 Å². The highest BCUT2D eigenvalue weighted by atomic mass is 79.9. The summed E-state index contributed by atoms with van der Waals surface area (Å²) in [5, 5.41) is 4.41. The Bertz CT molecular complexity index is 510. The van der Waals surface area contributed by atoms with E-state index >= 15 is 0 Å². The molecule has 0 aliphatic carbocycles. The van der Waals surface area contributed by atoms with Crippen molar-refractivity contribution in [1.82, 2.24) is 9.78 Å².